The van der Waals surface area contributed by atoms with Gasteiger partial charge in [0.15, 0.2) is 0 Å². The van der Waals surface area contributed by atoms with Crippen LogP contribution in [0.2, 0.25) is 0 Å². The van der Waals surface area contributed by atoms with Crippen molar-refractivity contribution in [2.45, 2.75) is 12.3 Å². The summed E-state index contributed by atoms with van der Waals surface area (Å²) in [5, 5.41) is 5.50. The highest BCUT2D eigenvalue weighted by atomic mass is 32.1. The minimum atomic E-state index is -0.702. The summed E-state index contributed by atoms with van der Waals surface area (Å²) in [7, 11) is 0. The predicted octanol–water partition coefficient (Wildman–Crippen LogP) is 3.51. The van der Waals surface area contributed by atoms with E-state index >= 15 is 0 Å². The first-order valence-electron chi connectivity index (χ1n) is 8.40. The van der Waals surface area contributed by atoms with E-state index in [1.165, 1.54) is 28.2 Å². The van der Waals surface area contributed by atoms with E-state index in [1.807, 2.05) is 24.3 Å². The van der Waals surface area contributed by atoms with Gasteiger partial charge in [-0.15, -0.1) is 6.42 Å². The van der Waals surface area contributed by atoms with Gasteiger partial charge in [0.05, 0.1) is 16.8 Å². The average Bonchev–Trinajstić information content (AvgIpc) is 3.18. The van der Waals surface area contributed by atoms with Crippen LogP contribution in [0.5, 0.6) is 5.75 Å². The number of thiophene rings is 1. The molecule has 28 heavy (non-hydrogen) atoms. The molecule has 1 atom stereocenters. The first-order chi connectivity index (χ1) is 13.5. The van der Waals surface area contributed by atoms with Gasteiger partial charge in [0.25, 0.3) is 5.91 Å². The van der Waals surface area contributed by atoms with Crippen LogP contribution in [-0.4, -0.2) is 18.4 Å². The standard InChI is InChI=1S/C21H17FN2O3S/c1-2-8-27-15-5-3-4-13(9-15)14-6-7-19(18(22)10-14)24-21(26)17-12-28-11-16(17)20(23)25/h1,3-7,9,11-12,14H,8,10H2,(H2,23,25)(H,24,26). The quantitative estimate of drug-likeness (QED) is 0.733. The van der Waals surface area contributed by atoms with Crippen LogP contribution in [-0.2, 0) is 0 Å². The number of nitrogens with one attached hydrogen (secondary N) is 1. The van der Waals surface area contributed by atoms with Gasteiger partial charge in [0, 0.05) is 23.1 Å². The number of primary amides is 1. The van der Waals surface area contributed by atoms with E-state index in [1.54, 1.807) is 6.07 Å². The molecule has 2 aromatic rings. The molecule has 5 nitrogen and oxygen atoms in total. The van der Waals surface area contributed by atoms with E-state index < -0.39 is 17.6 Å². The van der Waals surface area contributed by atoms with Crippen LogP contribution < -0.4 is 15.8 Å². The number of benzene rings is 1. The maximum atomic E-state index is 14.6. The van der Waals surface area contributed by atoms with E-state index in [4.69, 9.17) is 16.9 Å². The molecular formula is C21H17FN2O3S. The highest BCUT2D eigenvalue weighted by molar-refractivity contribution is 7.08. The summed E-state index contributed by atoms with van der Waals surface area (Å²) < 4.78 is 20.0. The molecule has 3 N–H and O–H groups in total. The van der Waals surface area contributed by atoms with E-state index in [-0.39, 0.29) is 35.8 Å². The maximum absolute atomic E-state index is 14.6. The normalized spacial score (nSPS) is 15.8. The fourth-order valence-electron chi connectivity index (χ4n) is 2.83. The Morgan fingerprint density at radius 3 is 2.86 bits per heavy atom. The zero-order valence-electron chi connectivity index (χ0n) is 14.8. The Morgan fingerprint density at radius 1 is 1.36 bits per heavy atom. The minimum Gasteiger partial charge on any atom is -0.481 e. The minimum absolute atomic E-state index is 0.0719. The van der Waals surface area contributed by atoms with Gasteiger partial charge in [0.1, 0.15) is 18.2 Å². The molecule has 0 spiro atoms. The zero-order chi connectivity index (χ0) is 20.1. The third-order valence-electron chi connectivity index (χ3n) is 4.22. The van der Waals surface area contributed by atoms with Gasteiger partial charge in [0.2, 0.25) is 5.91 Å². The summed E-state index contributed by atoms with van der Waals surface area (Å²) in [4.78, 5) is 23.7. The number of ether oxygens (including phenoxy) is 1. The Labute approximate surface area is 165 Å². The predicted molar refractivity (Wildman–Crippen MR) is 106 cm³/mol. The third-order valence-corrected chi connectivity index (χ3v) is 4.96. The van der Waals surface area contributed by atoms with Gasteiger partial charge in [-0.1, -0.05) is 24.1 Å². The van der Waals surface area contributed by atoms with Crippen LogP contribution in [0.1, 0.15) is 38.6 Å². The molecule has 0 saturated carbocycles. The highest BCUT2D eigenvalue weighted by Crippen LogP contribution is 2.33. The number of allylic oxidation sites excluding steroid dienone is 3. The van der Waals surface area contributed by atoms with Gasteiger partial charge in [-0.25, -0.2) is 4.39 Å². The number of terminal acetylenes is 1. The van der Waals surface area contributed by atoms with Gasteiger partial charge in [-0.05, 0) is 23.8 Å². The van der Waals surface area contributed by atoms with Crippen molar-refractivity contribution in [3.63, 3.8) is 0 Å². The number of carbonyl (C=O) groups is 2. The monoisotopic (exact) mass is 396 g/mol. The van der Waals surface area contributed by atoms with Gasteiger partial charge >= 0.3 is 0 Å². The van der Waals surface area contributed by atoms with Gasteiger partial charge < -0.3 is 15.8 Å². The Kier molecular flexibility index (Phi) is 5.92. The number of nitrogens with two attached hydrogens (primary N) is 1. The van der Waals surface area contributed by atoms with Crippen LogP contribution in [0.15, 0.2) is 58.7 Å². The van der Waals surface area contributed by atoms with Crippen molar-refractivity contribution in [1.29, 1.82) is 0 Å². The number of halogens is 1. The smallest absolute Gasteiger partial charge is 0.257 e. The number of carbonyl (C=O) groups excluding carboxylic acids is 2. The van der Waals surface area contributed by atoms with E-state index in [2.05, 4.69) is 11.2 Å². The van der Waals surface area contributed by atoms with E-state index in [0.717, 1.165) is 5.56 Å². The molecule has 142 valence electrons. The molecule has 0 fully saturated rings. The Hall–Kier alpha value is -3.37. The van der Waals surface area contributed by atoms with Crippen molar-refractivity contribution in [1.82, 2.24) is 5.32 Å². The highest BCUT2D eigenvalue weighted by Gasteiger charge is 2.22. The number of hydrogen-bond donors (Lipinski definition) is 2. The second-order valence-corrected chi connectivity index (χ2v) is 6.81. The lowest BCUT2D eigenvalue weighted by Gasteiger charge is -2.19. The molecule has 3 rings (SSSR count). The lowest BCUT2D eigenvalue weighted by Crippen LogP contribution is -2.26. The number of amides is 2. The molecule has 1 aromatic carbocycles. The van der Waals surface area contributed by atoms with Crippen molar-refractivity contribution in [2.24, 2.45) is 5.73 Å². The average molecular weight is 396 g/mol. The molecule has 2 amide bonds. The lowest BCUT2D eigenvalue weighted by atomic mass is 9.91. The van der Waals surface area contributed by atoms with Crippen molar-refractivity contribution in [2.75, 3.05) is 6.61 Å². The lowest BCUT2D eigenvalue weighted by molar-refractivity contribution is 0.0946. The Balaban J connectivity index is 1.71. The van der Waals surface area contributed by atoms with E-state index in [0.29, 0.717) is 5.75 Å². The van der Waals surface area contributed by atoms with E-state index in [9.17, 15) is 14.0 Å². The number of hydrogen-bond acceptors (Lipinski definition) is 4. The molecule has 0 bridgehead atoms. The molecule has 7 heteroatoms. The van der Waals surface area contributed by atoms with Crippen molar-refractivity contribution >= 4 is 23.2 Å². The van der Waals surface area contributed by atoms with Crippen molar-refractivity contribution < 1.29 is 18.7 Å². The summed E-state index contributed by atoms with van der Waals surface area (Å²) in [6, 6.07) is 7.28. The number of rotatable bonds is 6. The molecule has 0 aliphatic heterocycles. The summed E-state index contributed by atoms with van der Waals surface area (Å²) in [5.41, 5.74) is 6.44. The molecule has 1 heterocycles. The van der Waals surface area contributed by atoms with Gasteiger partial charge in [-0.2, -0.15) is 11.3 Å². The largest absolute Gasteiger partial charge is 0.481 e. The molecular weight excluding hydrogens is 379 g/mol. The van der Waals surface area contributed by atoms with Crippen molar-refractivity contribution in [3.05, 3.63) is 75.4 Å². The van der Waals surface area contributed by atoms with Gasteiger partial charge in [-0.3, -0.25) is 9.59 Å². The van der Waals surface area contributed by atoms with Crippen LogP contribution in [0, 0.1) is 12.3 Å². The Bertz CT molecular complexity index is 1020. The second-order valence-electron chi connectivity index (χ2n) is 6.07. The summed E-state index contributed by atoms with van der Waals surface area (Å²) in [6.07, 6.45) is 8.61. The van der Waals surface area contributed by atoms with Crippen LogP contribution in [0.3, 0.4) is 0 Å². The van der Waals surface area contributed by atoms with Crippen LogP contribution >= 0.6 is 11.3 Å². The summed E-state index contributed by atoms with van der Waals surface area (Å²) >= 11 is 1.18. The summed E-state index contributed by atoms with van der Waals surface area (Å²) in [6.45, 7) is 0.157. The first-order valence-corrected chi connectivity index (χ1v) is 9.34. The third kappa shape index (κ3) is 4.30. The molecule has 0 saturated heterocycles. The second kappa shape index (κ2) is 8.55. The first kappa shape index (κ1) is 19.4. The molecule has 1 unspecified atom stereocenters. The van der Waals surface area contributed by atoms with Crippen LogP contribution in [0.4, 0.5) is 4.39 Å². The van der Waals surface area contributed by atoms with Crippen molar-refractivity contribution in [3.8, 4) is 18.1 Å². The topological polar surface area (TPSA) is 81.4 Å². The molecule has 1 aliphatic rings. The molecule has 1 aromatic heterocycles. The molecule has 0 radical (unpaired) electrons. The maximum Gasteiger partial charge on any atom is 0.257 e. The fraction of sp³-hybridized carbons (Fsp3) is 0.143. The SMILES string of the molecule is C#CCOc1cccc(C2C=CC(NC(=O)c3cscc3C(N)=O)=C(F)C2)c1. The zero-order valence-corrected chi connectivity index (χ0v) is 15.6. The Morgan fingerprint density at radius 2 is 2.14 bits per heavy atom. The van der Waals surface area contributed by atoms with Crippen LogP contribution in [0.25, 0.3) is 0 Å². The summed E-state index contributed by atoms with van der Waals surface area (Å²) in [5.74, 6) is 1.08. The fourth-order valence-corrected chi connectivity index (χ4v) is 3.64. The molecule has 1 aliphatic carbocycles.